The van der Waals surface area contributed by atoms with Gasteiger partial charge in [-0.15, -0.1) is 0 Å². The summed E-state index contributed by atoms with van der Waals surface area (Å²) in [6.07, 6.45) is 7.67. The second-order valence-electron chi connectivity index (χ2n) is 9.16. The van der Waals surface area contributed by atoms with Crippen molar-refractivity contribution in [3.63, 3.8) is 0 Å². The Bertz CT molecular complexity index is 1220. The Morgan fingerprint density at radius 1 is 1.20 bits per heavy atom. The van der Waals surface area contributed by atoms with E-state index in [0.717, 1.165) is 5.56 Å². The molecule has 0 spiro atoms. The van der Waals surface area contributed by atoms with Gasteiger partial charge in [0.25, 0.3) is 0 Å². The number of carboxylic acid groups (broad SMARTS) is 1. The molecule has 1 aromatic heterocycles. The van der Waals surface area contributed by atoms with Gasteiger partial charge in [0.2, 0.25) is 0 Å². The number of aromatic nitrogens is 1. The van der Waals surface area contributed by atoms with Crippen LogP contribution in [0.5, 0.6) is 5.75 Å². The molecule has 0 aliphatic carbocycles. The number of ether oxygens (including phenoxy) is 1. The molecule has 0 amide bonds. The molecule has 5 nitrogen and oxygen atoms in total. The number of halogens is 2. The molecule has 1 N–H and O–H groups in total. The molecule has 0 radical (unpaired) electrons. The molecule has 0 saturated carbocycles. The van der Waals surface area contributed by atoms with Crippen molar-refractivity contribution >= 4 is 22.9 Å². The van der Waals surface area contributed by atoms with Crippen molar-refractivity contribution in [1.29, 1.82) is 0 Å². The number of likely N-dealkylation sites (tertiary alicyclic amines) is 1. The molecule has 184 valence electrons. The van der Waals surface area contributed by atoms with Crippen LogP contribution in [0.25, 0.3) is 17.0 Å². The van der Waals surface area contributed by atoms with Crippen LogP contribution < -0.4 is 4.74 Å². The van der Waals surface area contributed by atoms with Crippen LogP contribution in [0.15, 0.2) is 54.7 Å². The molecule has 3 aromatic rings. The van der Waals surface area contributed by atoms with Crippen molar-refractivity contribution in [2.45, 2.75) is 32.1 Å². The molecule has 4 rings (SSSR count). The van der Waals surface area contributed by atoms with E-state index in [1.807, 2.05) is 18.2 Å². The summed E-state index contributed by atoms with van der Waals surface area (Å²) < 4.78 is 33.2. The zero-order valence-electron chi connectivity index (χ0n) is 19.8. The van der Waals surface area contributed by atoms with E-state index in [4.69, 9.17) is 4.74 Å². The SMILES string of the molecule is COc1ccc2ncc(F)c(CCCC3(C(=O)O)CCN(C/C=C/c4cccc(F)c4)CC3)c2c1. The fraction of sp³-hybridized carbons (Fsp3) is 0.357. The first-order chi connectivity index (χ1) is 16.9. The van der Waals surface area contributed by atoms with Gasteiger partial charge in [-0.3, -0.25) is 14.7 Å². The van der Waals surface area contributed by atoms with Crippen LogP contribution in [-0.2, 0) is 11.2 Å². The number of aryl methyl sites for hydroxylation is 1. The van der Waals surface area contributed by atoms with E-state index >= 15 is 0 Å². The molecule has 1 aliphatic heterocycles. The first kappa shape index (κ1) is 24.8. The minimum absolute atomic E-state index is 0.268. The highest BCUT2D eigenvalue weighted by Crippen LogP contribution is 2.37. The van der Waals surface area contributed by atoms with Crippen molar-refractivity contribution in [3.8, 4) is 5.75 Å². The molecule has 0 atom stereocenters. The molecular weight excluding hydrogens is 450 g/mol. The van der Waals surface area contributed by atoms with Crippen molar-refractivity contribution in [3.05, 3.63) is 77.5 Å². The first-order valence-corrected chi connectivity index (χ1v) is 11.9. The average Bonchev–Trinajstić information content (AvgIpc) is 2.86. The van der Waals surface area contributed by atoms with Crippen molar-refractivity contribution in [2.24, 2.45) is 5.41 Å². The summed E-state index contributed by atoms with van der Waals surface area (Å²) in [6.45, 7) is 2.02. The van der Waals surface area contributed by atoms with Gasteiger partial charge in [-0.25, -0.2) is 8.78 Å². The summed E-state index contributed by atoms with van der Waals surface area (Å²) in [5.74, 6) is -0.800. The number of piperidine rings is 1. The summed E-state index contributed by atoms with van der Waals surface area (Å²) in [6, 6.07) is 11.8. The van der Waals surface area contributed by atoms with E-state index in [-0.39, 0.29) is 11.6 Å². The van der Waals surface area contributed by atoms with Crippen LogP contribution in [0.3, 0.4) is 0 Å². The van der Waals surface area contributed by atoms with E-state index in [1.54, 1.807) is 31.4 Å². The number of hydrogen-bond donors (Lipinski definition) is 1. The van der Waals surface area contributed by atoms with Crippen molar-refractivity contribution < 1.29 is 23.4 Å². The molecule has 2 aromatic carbocycles. The molecule has 0 bridgehead atoms. The van der Waals surface area contributed by atoms with Gasteiger partial charge in [0.15, 0.2) is 0 Å². The number of carbonyl (C=O) groups is 1. The van der Waals surface area contributed by atoms with Crippen LogP contribution in [0, 0.1) is 17.0 Å². The minimum Gasteiger partial charge on any atom is -0.497 e. The van der Waals surface area contributed by atoms with Gasteiger partial charge in [0.1, 0.15) is 17.4 Å². The number of pyridine rings is 1. The third kappa shape index (κ3) is 5.85. The lowest BCUT2D eigenvalue weighted by molar-refractivity contribution is -0.152. The highest BCUT2D eigenvalue weighted by atomic mass is 19.1. The average molecular weight is 481 g/mol. The number of benzene rings is 2. The van der Waals surface area contributed by atoms with Gasteiger partial charge in [-0.1, -0.05) is 24.3 Å². The third-order valence-corrected chi connectivity index (χ3v) is 7.01. The Balaban J connectivity index is 1.36. The predicted molar refractivity (Wildman–Crippen MR) is 132 cm³/mol. The molecule has 1 aliphatic rings. The fourth-order valence-electron chi connectivity index (χ4n) is 4.87. The van der Waals surface area contributed by atoms with Crippen LogP contribution in [0.2, 0.25) is 0 Å². The van der Waals surface area contributed by atoms with Crippen molar-refractivity contribution in [2.75, 3.05) is 26.7 Å². The first-order valence-electron chi connectivity index (χ1n) is 11.9. The maximum Gasteiger partial charge on any atom is 0.309 e. The van der Waals surface area contributed by atoms with Crippen LogP contribution in [0.1, 0.15) is 36.8 Å². The molecule has 0 unspecified atom stereocenters. The highest BCUT2D eigenvalue weighted by Gasteiger charge is 2.40. The van der Waals surface area contributed by atoms with E-state index in [2.05, 4.69) is 9.88 Å². The summed E-state index contributed by atoms with van der Waals surface area (Å²) in [5, 5.41) is 10.8. The Morgan fingerprint density at radius 2 is 2.00 bits per heavy atom. The van der Waals surface area contributed by atoms with E-state index < -0.39 is 11.4 Å². The third-order valence-electron chi connectivity index (χ3n) is 7.01. The summed E-state index contributed by atoms with van der Waals surface area (Å²) in [7, 11) is 1.56. The topological polar surface area (TPSA) is 62.7 Å². The standard InChI is InChI=1S/C28H30F2N2O3/c1-35-22-9-10-26-24(18-22)23(25(30)19-31-26)8-3-11-28(27(33)34)12-15-32(16-13-28)14-4-6-20-5-2-7-21(29)17-20/h2,4-7,9-10,17-19H,3,8,11-16H2,1H3,(H,33,34)/b6-4+. The number of rotatable bonds is 9. The smallest absolute Gasteiger partial charge is 0.309 e. The summed E-state index contributed by atoms with van der Waals surface area (Å²) in [4.78, 5) is 18.6. The molecule has 2 heterocycles. The van der Waals surface area contributed by atoms with E-state index in [0.29, 0.717) is 74.0 Å². The number of aliphatic carboxylic acids is 1. The van der Waals surface area contributed by atoms with Crippen LogP contribution in [0.4, 0.5) is 8.78 Å². The Labute approximate surface area is 204 Å². The number of hydrogen-bond acceptors (Lipinski definition) is 4. The quantitative estimate of drug-likeness (QED) is 0.424. The summed E-state index contributed by atoms with van der Waals surface area (Å²) in [5.41, 5.74) is 1.24. The molecule has 7 heteroatoms. The van der Waals surface area contributed by atoms with E-state index in [9.17, 15) is 18.7 Å². The molecule has 35 heavy (non-hydrogen) atoms. The summed E-state index contributed by atoms with van der Waals surface area (Å²) >= 11 is 0. The lowest BCUT2D eigenvalue weighted by Crippen LogP contribution is -2.44. The lowest BCUT2D eigenvalue weighted by Gasteiger charge is -2.38. The van der Waals surface area contributed by atoms with Gasteiger partial charge >= 0.3 is 5.97 Å². The zero-order chi connectivity index (χ0) is 24.8. The van der Waals surface area contributed by atoms with Crippen LogP contribution in [-0.4, -0.2) is 47.7 Å². The highest BCUT2D eigenvalue weighted by molar-refractivity contribution is 5.83. The normalized spacial score (nSPS) is 16.1. The minimum atomic E-state index is -0.806. The number of carboxylic acids is 1. The second-order valence-corrected chi connectivity index (χ2v) is 9.16. The zero-order valence-corrected chi connectivity index (χ0v) is 19.8. The Kier molecular flexibility index (Phi) is 7.76. The van der Waals surface area contributed by atoms with Gasteiger partial charge < -0.3 is 9.84 Å². The van der Waals surface area contributed by atoms with Gasteiger partial charge in [0.05, 0.1) is 24.2 Å². The largest absolute Gasteiger partial charge is 0.497 e. The second kappa shape index (κ2) is 11.0. The Hall–Kier alpha value is -3.32. The van der Waals surface area contributed by atoms with E-state index in [1.165, 1.54) is 18.3 Å². The molecule has 1 saturated heterocycles. The predicted octanol–water partition coefficient (Wildman–Crippen LogP) is 5.72. The van der Waals surface area contributed by atoms with Gasteiger partial charge in [0, 0.05) is 11.9 Å². The molecule has 1 fully saturated rings. The maximum absolute atomic E-state index is 14.6. The van der Waals surface area contributed by atoms with Crippen LogP contribution >= 0.6 is 0 Å². The lowest BCUT2D eigenvalue weighted by atomic mass is 9.74. The molecular formula is C28H30F2N2O3. The number of fused-ring (bicyclic) bond motifs is 1. The fourth-order valence-corrected chi connectivity index (χ4v) is 4.87. The monoisotopic (exact) mass is 480 g/mol. The number of nitrogens with zero attached hydrogens (tertiary/aromatic N) is 2. The van der Waals surface area contributed by atoms with Crippen molar-refractivity contribution in [1.82, 2.24) is 9.88 Å². The number of methoxy groups -OCH3 is 1. The maximum atomic E-state index is 14.6. The van der Waals surface area contributed by atoms with Gasteiger partial charge in [-0.2, -0.15) is 0 Å². The van der Waals surface area contributed by atoms with Gasteiger partial charge in [-0.05, 0) is 86.7 Å². The Morgan fingerprint density at radius 3 is 2.71 bits per heavy atom.